The summed E-state index contributed by atoms with van der Waals surface area (Å²) in [6.45, 7) is 10.6. The monoisotopic (exact) mass is 183 g/mol. The van der Waals surface area contributed by atoms with Crippen LogP contribution in [0.2, 0.25) is 0 Å². The molecule has 1 unspecified atom stereocenters. The Kier molecular flexibility index (Phi) is 2.69. The Hall–Kier alpha value is -0.530. The van der Waals surface area contributed by atoms with E-state index >= 15 is 0 Å². The van der Waals surface area contributed by atoms with Crippen molar-refractivity contribution in [3.63, 3.8) is 0 Å². The van der Waals surface area contributed by atoms with Crippen molar-refractivity contribution in [3.05, 3.63) is 0 Å². The molecule has 0 aromatic rings. The Morgan fingerprint density at radius 2 is 1.92 bits per heavy atom. The lowest BCUT2D eigenvalue weighted by Gasteiger charge is -2.28. The first-order valence-corrected chi connectivity index (χ1v) is 5.12. The van der Waals surface area contributed by atoms with Crippen molar-refractivity contribution >= 4 is 5.91 Å². The van der Waals surface area contributed by atoms with Gasteiger partial charge in [-0.2, -0.15) is 0 Å². The van der Waals surface area contributed by atoms with E-state index < -0.39 is 0 Å². The van der Waals surface area contributed by atoms with Gasteiger partial charge >= 0.3 is 0 Å². The summed E-state index contributed by atoms with van der Waals surface area (Å²) < 4.78 is 0. The fourth-order valence-electron chi connectivity index (χ4n) is 1.22. The molecule has 1 N–H and O–H groups in total. The SMILES string of the molecule is CC(NC(=O)[C@@H]1C[C@H]1C)C(C)(C)C. The summed E-state index contributed by atoms with van der Waals surface area (Å²) in [6, 6.07) is 0.257. The zero-order valence-corrected chi connectivity index (χ0v) is 9.35. The van der Waals surface area contributed by atoms with Gasteiger partial charge in [0, 0.05) is 12.0 Å². The maximum absolute atomic E-state index is 11.6. The molecule has 76 valence electrons. The van der Waals surface area contributed by atoms with Gasteiger partial charge in [-0.3, -0.25) is 4.79 Å². The zero-order chi connectivity index (χ0) is 10.2. The van der Waals surface area contributed by atoms with Gasteiger partial charge in [0.1, 0.15) is 0 Å². The van der Waals surface area contributed by atoms with Crippen LogP contribution >= 0.6 is 0 Å². The molecule has 0 radical (unpaired) electrons. The smallest absolute Gasteiger partial charge is 0.223 e. The topological polar surface area (TPSA) is 29.1 Å². The Morgan fingerprint density at radius 1 is 1.46 bits per heavy atom. The molecule has 0 aliphatic heterocycles. The molecule has 0 heterocycles. The molecule has 0 aromatic heterocycles. The van der Waals surface area contributed by atoms with Crippen LogP contribution in [0.4, 0.5) is 0 Å². The summed E-state index contributed by atoms with van der Waals surface area (Å²) in [4.78, 5) is 11.6. The van der Waals surface area contributed by atoms with E-state index in [1.807, 2.05) is 0 Å². The van der Waals surface area contributed by atoms with Gasteiger partial charge in [0.25, 0.3) is 0 Å². The minimum absolute atomic E-state index is 0.161. The molecule has 3 atom stereocenters. The second-order valence-corrected chi connectivity index (χ2v) is 5.42. The first-order chi connectivity index (χ1) is 5.82. The molecule has 0 aromatic carbocycles. The summed E-state index contributed by atoms with van der Waals surface area (Å²) in [5.74, 6) is 1.15. The molecule has 2 heteroatoms. The van der Waals surface area contributed by atoms with E-state index in [0.29, 0.717) is 11.8 Å². The van der Waals surface area contributed by atoms with Gasteiger partial charge in [-0.1, -0.05) is 27.7 Å². The van der Waals surface area contributed by atoms with Crippen molar-refractivity contribution in [2.45, 2.75) is 47.1 Å². The number of hydrogen-bond donors (Lipinski definition) is 1. The van der Waals surface area contributed by atoms with Crippen LogP contribution in [0.1, 0.15) is 41.0 Å². The van der Waals surface area contributed by atoms with Crippen LogP contribution in [-0.4, -0.2) is 11.9 Å². The molecule has 1 fully saturated rings. The van der Waals surface area contributed by atoms with Crippen LogP contribution in [0.3, 0.4) is 0 Å². The van der Waals surface area contributed by atoms with Crippen molar-refractivity contribution in [1.82, 2.24) is 5.32 Å². The van der Waals surface area contributed by atoms with Gasteiger partial charge in [-0.05, 0) is 24.7 Å². The van der Waals surface area contributed by atoms with E-state index in [1.54, 1.807) is 0 Å². The minimum Gasteiger partial charge on any atom is -0.353 e. The zero-order valence-electron chi connectivity index (χ0n) is 9.35. The summed E-state index contributed by atoms with van der Waals surface area (Å²) in [5, 5.41) is 3.07. The third-order valence-corrected chi connectivity index (χ3v) is 3.10. The van der Waals surface area contributed by atoms with Gasteiger partial charge in [-0.25, -0.2) is 0 Å². The van der Waals surface area contributed by atoms with E-state index in [1.165, 1.54) is 0 Å². The molecule has 1 aliphatic carbocycles. The summed E-state index contributed by atoms with van der Waals surface area (Å²) in [5.41, 5.74) is 0.161. The van der Waals surface area contributed by atoms with Crippen molar-refractivity contribution < 1.29 is 4.79 Å². The third kappa shape index (κ3) is 2.71. The van der Waals surface area contributed by atoms with Crippen LogP contribution in [0, 0.1) is 17.3 Å². The van der Waals surface area contributed by atoms with Crippen molar-refractivity contribution in [2.24, 2.45) is 17.3 Å². The largest absolute Gasteiger partial charge is 0.353 e. The Labute approximate surface area is 81.1 Å². The number of nitrogens with one attached hydrogen (secondary N) is 1. The Balaban J connectivity index is 2.36. The lowest BCUT2D eigenvalue weighted by molar-refractivity contribution is -0.123. The summed E-state index contributed by atoms with van der Waals surface area (Å²) in [6.07, 6.45) is 1.07. The fraction of sp³-hybridized carbons (Fsp3) is 0.909. The molecule has 0 bridgehead atoms. The first-order valence-electron chi connectivity index (χ1n) is 5.12. The maximum Gasteiger partial charge on any atom is 0.223 e. The highest BCUT2D eigenvalue weighted by molar-refractivity contribution is 5.81. The van der Waals surface area contributed by atoms with E-state index in [0.717, 1.165) is 6.42 Å². The average Bonchev–Trinajstić information content (AvgIpc) is 2.64. The van der Waals surface area contributed by atoms with Crippen molar-refractivity contribution in [2.75, 3.05) is 0 Å². The maximum atomic E-state index is 11.6. The average molecular weight is 183 g/mol. The van der Waals surface area contributed by atoms with Crippen LogP contribution in [0.25, 0.3) is 0 Å². The third-order valence-electron chi connectivity index (χ3n) is 3.10. The van der Waals surface area contributed by atoms with Gasteiger partial charge in [0.15, 0.2) is 0 Å². The van der Waals surface area contributed by atoms with Crippen molar-refractivity contribution in [1.29, 1.82) is 0 Å². The van der Waals surface area contributed by atoms with E-state index in [9.17, 15) is 4.79 Å². The van der Waals surface area contributed by atoms with E-state index in [2.05, 4.69) is 39.9 Å². The molecule has 1 rings (SSSR count). The molecule has 13 heavy (non-hydrogen) atoms. The Bertz CT molecular complexity index is 205. The normalized spacial score (nSPS) is 29.6. The van der Waals surface area contributed by atoms with Crippen LogP contribution in [0.5, 0.6) is 0 Å². The molecular formula is C11H21NO. The second kappa shape index (κ2) is 3.32. The fourth-order valence-corrected chi connectivity index (χ4v) is 1.22. The number of carbonyl (C=O) groups is 1. The lowest BCUT2D eigenvalue weighted by Crippen LogP contribution is -2.42. The molecule has 0 saturated heterocycles. The number of amides is 1. The summed E-state index contributed by atoms with van der Waals surface area (Å²) >= 11 is 0. The molecule has 2 nitrogen and oxygen atoms in total. The minimum atomic E-state index is 0.161. The molecule has 1 saturated carbocycles. The van der Waals surface area contributed by atoms with Crippen LogP contribution in [-0.2, 0) is 4.79 Å². The Morgan fingerprint density at radius 3 is 2.23 bits per heavy atom. The van der Waals surface area contributed by atoms with Gasteiger partial charge in [0.2, 0.25) is 5.91 Å². The van der Waals surface area contributed by atoms with E-state index in [4.69, 9.17) is 0 Å². The van der Waals surface area contributed by atoms with Crippen LogP contribution in [0.15, 0.2) is 0 Å². The van der Waals surface area contributed by atoms with Gasteiger partial charge in [-0.15, -0.1) is 0 Å². The highest BCUT2D eigenvalue weighted by atomic mass is 16.2. The van der Waals surface area contributed by atoms with Gasteiger partial charge in [0.05, 0.1) is 0 Å². The van der Waals surface area contributed by atoms with Crippen LogP contribution < -0.4 is 5.32 Å². The predicted molar refractivity (Wildman–Crippen MR) is 54.3 cm³/mol. The highest BCUT2D eigenvalue weighted by Crippen LogP contribution is 2.38. The predicted octanol–water partition coefficient (Wildman–Crippen LogP) is 2.19. The van der Waals surface area contributed by atoms with Crippen molar-refractivity contribution in [3.8, 4) is 0 Å². The molecule has 1 amide bonds. The highest BCUT2D eigenvalue weighted by Gasteiger charge is 2.40. The molecular weight excluding hydrogens is 162 g/mol. The lowest BCUT2D eigenvalue weighted by atomic mass is 9.88. The molecule has 1 aliphatic rings. The number of carbonyl (C=O) groups excluding carboxylic acids is 1. The second-order valence-electron chi connectivity index (χ2n) is 5.42. The first kappa shape index (κ1) is 10.6. The number of hydrogen-bond acceptors (Lipinski definition) is 1. The number of rotatable bonds is 2. The van der Waals surface area contributed by atoms with E-state index in [-0.39, 0.29) is 17.4 Å². The molecule has 0 spiro atoms. The quantitative estimate of drug-likeness (QED) is 0.698. The van der Waals surface area contributed by atoms with Gasteiger partial charge < -0.3 is 5.32 Å². The summed E-state index contributed by atoms with van der Waals surface area (Å²) in [7, 11) is 0. The standard InChI is InChI=1S/C11H21NO/c1-7-6-9(7)10(13)12-8(2)11(3,4)5/h7-9H,6H2,1-5H3,(H,12,13)/t7-,8?,9-/m1/s1.